The summed E-state index contributed by atoms with van der Waals surface area (Å²) in [5.74, 6) is -0.330. The quantitative estimate of drug-likeness (QED) is 0.564. The van der Waals surface area contributed by atoms with E-state index in [4.69, 9.17) is 4.74 Å². The van der Waals surface area contributed by atoms with Crippen LogP contribution in [0.4, 0.5) is 4.39 Å². The molecule has 0 radical (unpaired) electrons. The first-order valence-electron chi connectivity index (χ1n) is 10.9. The van der Waals surface area contributed by atoms with Crippen molar-refractivity contribution >= 4 is 0 Å². The zero-order valence-electron chi connectivity index (χ0n) is 17.9. The molecule has 3 aromatic rings. The first-order chi connectivity index (χ1) is 15.1. The lowest BCUT2D eigenvalue weighted by molar-refractivity contribution is -0.159. The molecule has 1 aliphatic heterocycles. The van der Waals surface area contributed by atoms with Crippen molar-refractivity contribution in [3.8, 4) is 11.1 Å². The Hall–Kier alpha value is -2.60. The van der Waals surface area contributed by atoms with Gasteiger partial charge in [-0.05, 0) is 48.9 Å². The molecule has 5 heteroatoms. The molecule has 1 saturated heterocycles. The number of pyridine rings is 1. The van der Waals surface area contributed by atoms with E-state index in [2.05, 4.69) is 41.1 Å². The zero-order chi connectivity index (χ0) is 21.7. The molecule has 1 aliphatic rings. The molecule has 4 rings (SSSR count). The molecule has 2 atom stereocenters. The summed E-state index contributed by atoms with van der Waals surface area (Å²) in [4.78, 5) is 6.27. The van der Waals surface area contributed by atoms with Gasteiger partial charge in [0, 0.05) is 31.0 Å². The van der Waals surface area contributed by atoms with Gasteiger partial charge in [-0.1, -0.05) is 54.6 Å². The number of nitrogens with zero attached hydrogens (tertiary/aromatic N) is 2. The first kappa shape index (κ1) is 21.6. The number of aromatic nitrogens is 1. The van der Waals surface area contributed by atoms with Gasteiger partial charge in [-0.15, -0.1) is 0 Å². The molecule has 0 saturated carbocycles. The second kappa shape index (κ2) is 9.69. The van der Waals surface area contributed by atoms with Crippen molar-refractivity contribution < 1.29 is 14.2 Å². The summed E-state index contributed by atoms with van der Waals surface area (Å²) in [6.45, 7) is 3.81. The summed E-state index contributed by atoms with van der Waals surface area (Å²) in [6.07, 6.45) is 5.31. The number of benzene rings is 2. The highest BCUT2D eigenvalue weighted by Crippen LogP contribution is 2.39. The Balaban J connectivity index is 1.45. The summed E-state index contributed by atoms with van der Waals surface area (Å²) in [5.41, 5.74) is 3.76. The van der Waals surface area contributed by atoms with Crippen molar-refractivity contribution in [2.24, 2.45) is 0 Å². The molecule has 2 heterocycles. The number of aliphatic hydroxyl groups excluding tert-OH is 1. The smallest absolute Gasteiger partial charge is 0.142 e. The van der Waals surface area contributed by atoms with Crippen LogP contribution in [0.2, 0.25) is 0 Å². The summed E-state index contributed by atoms with van der Waals surface area (Å²) in [6, 6.07) is 20.3. The van der Waals surface area contributed by atoms with Crippen LogP contribution in [0.15, 0.2) is 73.1 Å². The Labute approximate surface area is 183 Å². The van der Waals surface area contributed by atoms with Crippen molar-refractivity contribution in [3.05, 3.63) is 90.0 Å². The van der Waals surface area contributed by atoms with Crippen LogP contribution in [0.3, 0.4) is 0 Å². The van der Waals surface area contributed by atoms with Crippen molar-refractivity contribution in [3.63, 3.8) is 0 Å². The van der Waals surface area contributed by atoms with E-state index in [0.29, 0.717) is 6.73 Å². The third-order valence-corrected chi connectivity index (χ3v) is 6.33. The number of aliphatic hydroxyl groups is 1. The zero-order valence-corrected chi connectivity index (χ0v) is 17.9. The van der Waals surface area contributed by atoms with Gasteiger partial charge in [0.25, 0.3) is 0 Å². The summed E-state index contributed by atoms with van der Waals surface area (Å²) in [7, 11) is 0. The van der Waals surface area contributed by atoms with Gasteiger partial charge in [0.15, 0.2) is 0 Å². The van der Waals surface area contributed by atoms with E-state index >= 15 is 0 Å². The van der Waals surface area contributed by atoms with Crippen molar-refractivity contribution in [1.82, 2.24) is 9.88 Å². The van der Waals surface area contributed by atoms with E-state index in [1.54, 1.807) is 6.20 Å². The molecule has 1 aromatic heterocycles. The minimum absolute atomic E-state index is 0.172. The van der Waals surface area contributed by atoms with Crippen molar-refractivity contribution in [1.29, 1.82) is 0 Å². The second-order valence-corrected chi connectivity index (χ2v) is 8.21. The lowest BCUT2D eigenvalue weighted by Crippen LogP contribution is -2.45. The molecule has 31 heavy (non-hydrogen) atoms. The molecule has 0 spiro atoms. The van der Waals surface area contributed by atoms with Gasteiger partial charge < -0.3 is 9.84 Å². The Kier molecular flexibility index (Phi) is 6.76. The second-order valence-electron chi connectivity index (χ2n) is 8.21. The van der Waals surface area contributed by atoms with Crippen molar-refractivity contribution in [2.75, 3.05) is 19.9 Å². The number of hydrogen-bond acceptors (Lipinski definition) is 4. The van der Waals surface area contributed by atoms with E-state index < -0.39 is 0 Å². The lowest BCUT2D eigenvalue weighted by atomic mass is 9.84. The molecule has 2 aromatic carbocycles. The van der Waals surface area contributed by atoms with Gasteiger partial charge in [0.2, 0.25) is 0 Å². The van der Waals surface area contributed by atoms with E-state index in [0.717, 1.165) is 36.9 Å². The Morgan fingerprint density at radius 2 is 1.87 bits per heavy atom. The van der Waals surface area contributed by atoms with Gasteiger partial charge in [-0.25, -0.2) is 4.39 Å². The van der Waals surface area contributed by atoms with Gasteiger partial charge in [-0.3, -0.25) is 9.88 Å². The first-order valence-corrected chi connectivity index (χ1v) is 10.9. The van der Waals surface area contributed by atoms with Crippen LogP contribution in [-0.4, -0.2) is 34.9 Å². The minimum atomic E-state index is -0.339. The molecule has 2 unspecified atom stereocenters. The fraction of sp³-hybridized carbons (Fsp3) is 0.346. The largest absolute Gasteiger partial charge is 0.396 e. The van der Waals surface area contributed by atoms with Crippen LogP contribution in [0.1, 0.15) is 43.4 Å². The summed E-state index contributed by atoms with van der Waals surface area (Å²) < 4.78 is 19.9. The predicted octanol–water partition coefficient (Wildman–Crippen LogP) is 5.30. The molecule has 0 amide bonds. The standard InChI is InChI=1S/C26H29FN2O2/c1-20(21-8-10-22(11-9-21)23-16-25(27)18-28-17-23)29-14-13-26(31-19-29,12-5-15-30)24-6-3-2-4-7-24/h2-4,6-11,16-18,20,30H,5,12-15,19H2,1H3. The Morgan fingerprint density at radius 1 is 1.10 bits per heavy atom. The SMILES string of the molecule is CC(c1ccc(-c2cncc(F)c2)cc1)N1CCC(CCCO)(c2ccccc2)OC1. The van der Waals surface area contributed by atoms with Crippen LogP contribution < -0.4 is 0 Å². The molecule has 1 N–H and O–H groups in total. The summed E-state index contributed by atoms with van der Waals surface area (Å²) in [5, 5.41) is 9.38. The molecular weight excluding hydrogens is 391 g/mol. The fourth-order valence-corrected chi connectivity index (χ4v) is 4.38. The number of rotatable bonds is 7. The highest BCUT2D eigenvalue weighted by atomic mass is 19.1. The topological polar surface area (TPSA) is 45.6 Å². The number of ether oxygens (including phenoxy) is 1. The fourth-order valence-electron chi connectivity index (χ4n) is 4.38. The normalized spacial score (nSPS) is 20.5. The maximum atomic E-state index is 13.5. The third-order valence-electron chi connectivity index (χ3n) is 6.33. The van der Waals surface area contributed by atoms with E-state index in [1.165, 1.54) is 23.4 Å². The summed E-state index contributed by atoms with van der Waals surface area (Å²) >= 11 is 0. The molecule has 0 bridgehead atoms. The van der Waals surface area contributed by atoms with E-state index in [1.807, 2.05) is 30.3 Å². The molecule has 0 aliphatic carbocycles. The average molecular weight is 421 g/mol. The van der Waals surface area contributed by atoms with Gasteiger partial charge in [-0.2, -0.15) is 0 Å². The van der Waals surface area contributed by atoms with Crippen LogP contribution in [-0.2, 0) is 10.3 Å². The van der Waals surface area contributed by atoms with Gasteiger partial charge in [0.05, 0.1) is 11.8 Å². The van der Waals surface area contributed by atoms with Crippen molar-refractivity contribution in [2.45, 2.75) is 37.8 Å². The van der Waals surface area contributed by atoms with Crippen LogP contribution in [0, 0.1) is 5.82 Å². The maximum absolute atomic E-state index is 13.5. The molecular formula is C26H29FN2O2. The predicted molar refractivity (Wildman–Crippen MR) is 120 cm³/mol. The van der Waals surface area contributed by atoms with Crippen LogP contribution in [0.25, 0.3) is 11.1 Å². The minimum Gasteiger partial charge on any atom is -0.396 e. The average Bonchev–Trinajstić information content (AvgIpc) is 2.83. The monoisotopic (exact) mass is 420 g/mol. The Bertz CT molecular complexity index is 970. The number of hydrogen-bond donors (Lipinski definition) is 1. The molecule has 162 valence electrons. The van der Waals surface area contributed by atoms with E-state index in [9.17, 15) is 9.50 Å². The van der Waals surface area contributed by atoms with Crippen LogP contribution >= 0.6 is 0 Å². The van der Waals surface area contributed by atoms with Gasteiger partial charge in [0.1, 0.15) is 12.5 Å². The highest BCUT2D eigenvalue weighted by molar-refractivity contribution is 5.62. The molecule has 1 fully saturated rings. The third kappa shape index (κ3) is 4.85. The lowest BCUT2D eigenvalue weighted by Gasteiger charge is -2.44. The highest BCUT2D eigenvalue weighted by Gasteiger charge is 2.38. The van der Waals surface area contributed by atoms with Crippen LogP contribution in [0.5, 0.6) is 0 Å². The van der Waals surface area contributed by atoms with E-state index in [-0.39, 0.29) is 24.1 Å². The number of halogens is 1. The Morgan fingerprint density at radius 3 is 2.52 bits per heavy atom. The molecule has 4 nitrogen and oxygen atoms in total. The maximum Gasteiger partial charge on any atom is 0.142 e. The van der Waals surface area contributed by atoms with Gasteiger partial charge >= 0.3 is 0 Å².